The fourth-order valence-corrected chi connectivity index (χ4v) is 13.6. The molecule has 0 spiro atoms. The molecule has 6 heterocycles. The van der Waals surface area contributed by atoms with E-state index in [9.17, 15) is 43.5 Å². The Morgan fingerprint density at radius 1 is 0.634 bits per heavy atom. The van der Waals surface area contributed by atoms with Crippen molar-refractivity contribution in [2.24, 2.45) is 23.7 Å². The molecule has 0 unspecified atom stereocenters. The van der Waals surface area contributed by atoms with Crippen LogP contribution in [0.5, 0.6) is 23.3 Å². The van der Waals surface area contributed by atoms with Crippen LogP contribution in [0.4, 0.5) is 9.59 Å². The Kier molecular flexibility index (Phi) is 29.3. The van der Waals surface area contributed by atoms with Crippen LogP contribution >= 0.6 is 23.2 Å². The Hall–Kier alpha value is -7.20. The first kappa shape index (κ1) is 82.8. The third-order valence-corrected chi connectivity index (χ3v) is 18.9. The molecule has 6 aliphatic rings. The molecule has 548 valence electrons. The Bertz CT molecular complexity index is 3680. The summed E-state index contributed by atoms with van der Waals surface area (Å²) in [6.07, 6.45) is 15.5. The Morgan fingerprint density at radius 2 is 1.03 bits per heavy atom. The van der Waals surface area contributed by atoms with E-state index in [4.69, 9.17) is 61.5 Å². The summed E-state index contributed by atoms with van der Waals surface area (Å²) in [5.74, 6) is -3.81. The number of halogens is 2. The van der Waals surface area contributed by atoms with Gasteiger partial charge < -0.3 is 79.9 Å². The molecule has 26 nitrogen and oxygen atoms in total. The number of allylic oxidation sites excluding steroid dienone is 2. The van der Waals surface area contributed by atoms with Crippen LogP contribution in [0.2, 0.25) is 10.0 Å². The SMILES string of the molecule is CCO.CCOC(=O)[C@@]12C[C@H]1/C=C\CCCCC[C@H](NC(=O)OC(C)(C)C)C(=O)N1C[C@H](Oc3ncc(OC)c4ccc(Cl)cc34)[C@@H](C)[C@H]1C(=O)N2.COc1cnc(O[C@H]2CN3C(=O)[C@@H](NC(=O)OC(C)(C)C)CCCCC/C=C\[C@@H]4C[C@@]4(C(=O)O)NC(=O)[C@@H]3[C@@H]2C)c2cc(Cl)ccc12.[Na+].[OH-]. The zero-order chi connectivity index (χ0) is 72.3. The number of hydrogen-bond acceptors (Lipinski definition) is 19. The van der Waals surface area contributed by atoms with Crippen LogP contribution in [-0.4, -0.2) is 182 Å². The number of amides is 6. The molecule has 4 fully saturated rings. The summed E-state index contributed by atoms with van der Waals surface area (Å²) < 4.78 is 40.3. The van der Waals surface area contributed by atoms with Crippen LogP contribution in [0.3, 0.4) is 0 Å². The molecule has 6 amide bonds. The van der Waals surface area contributed by atoms with Gasteiger partial charge in [0.25, 0.3) is 0 Å². The van der Waals surface area contributed by atoms with Gasteiger partial charge in [0, 0.05) is 61.9 Å². The van der Waals surface area contributed by atoms with Gasteiger partial charge in [-0.25, -0.2) is 29.1 Å². The van der Waals surface area contributed by atoms with Crippen molar-refractivity contribution in [3.63, 3.8) is 0 Å². The number of aliphatic hydroxyl groups is 1. The number of aliphatic hydroxyl groups excluding tert-OH is 1. The van der Waals surface area contributed by atoms with Crippen LogP contribution < -0.4 is 69.8 Å². The molecule has 2 saturated heterocycles. The van der Waals surface area contributed by atoms with Crippen LogP contribution in [0.25, 0.3) is 21.5 Å². The number of alkyl carbamates (subject to hydrolysis) is 2. The molecule has 0 radical (unpaired) electrons. The number of carboxylic acids is 1. The second kappa shape index (κ2) is 35.8. The van der Waals surface area contributed by atoms with Crippen molar-refractivity contribution in [3.05, 3.63) is 83.1 Å². The van der Waals surface area contributed by atoms with Gasteiger partial charge in [0.1, 0.15) is 70.2 Å². The van der Waals surface area contributed by atoms with E-state index in [2.05, 4.69) is 31.2 Å². The molecule has 2 aliphatic carbocycles. The number of nitrogens with one attached hydrogen (secondary N) is 4. The number of aliphatic carboxylic acids is 1. The molecular formula is C72H97Cl2N8NaO18. The molecule has 4 aliphatic heterocycles. The van der Waals surface area contributed by atoms with E-state index in [0.29, 0.717) is 69.8 Å². The van der Waals surface area contributed by atoms with Crippen LogP contribution in [0.1, 0.15) is 146 Å². The maximum absolute atomic E-state index is 14.5. The molecule has 2 saturated carbocycles. The number of hydrogen-bond donors (Lipinski definition) is 6. The van der Waals surface area contributed by atoms with E-state index in [1.807, 2.05) is 37.3 Å². The number of ether oxygens (including phenoxy) is 7. The number of esters is 1. The molecule has 7 N–H and O–H groups in total. The number of aromatic nitrogens is 2. The van der Waals surface area contributed by atoms with E-state index in [-0.39, 0.29) is 91.4 Å². The number of methoxy groups -OCH3 is 2. The van der Waals surface area contributed by atoms with Crippen LogP contribution in [0.15, 0.2) is 73.1 Å². The number of benzene rings is 2. The van der Waals surface area contributed by atoms with Crippen molar-refractivity contribution in [2.75, 3.05) is 40.5 Å². The Morgan fingerprint density at radius 3 is 1.42 bits per heavy atom. The minimum absolute atomic E-state index is 0. The number of nitrogens with zero attached hydrogens (tertiary/aromatic N) is 4. The Labute approximate surface area is 621 Å². The quantitative estimate of drug-likeness (QED) is 0.0379. The number of carbonyl (C=O) groups excluding carboxylic acids is 7. The van der Waals surface area contributed by atoms with Gasteiger partial charge in [-0.2, -0.15) is 0 Å². The van der Waals surface area contributed by atoms with Crippen molar-refractivity contribution in [2.45, 2.75) is 205 Å². The van der Waals surface area contributed by atoms with Crippen molar-refractivity contribution < 1.29 is 117 Å². The minimum atomic E-state index is -1.46. The maximum Gasteiger partial charge on any atom is 1.00 e. The fraction of sp³-hybridized carbons (Fsp3) is 0.583. The maximum atomic E-state index is 14.5. The van der Waals surface area contributed by atoms with Crippen molar-refractivity contribution in [1.29, 1.82) is 0 Å². The number of pyridine rings is 2. The molecule has 4 aromatic rings. The summed E-state index contributed by atoms with van der Waals surface area (Å²) in [6, 6.07) is 6.45. The fourth-order valence-electron chi connectivity index (χ4n) is 13.2. The average Bonchev–Trinajstić information content (AvgIpc) is 1.62. The molecule has 2 aromatic carbocycles. The van der Waals surface area contributed by atoms with Gasteiger partial charge in [-0.3, -0.25) is 19.2 Å². The molecule has 2 aromatic heterocycles. The molecular weight excluding hydrogens is 1360 g/mol. The van der Waals surface area contributed by atoms with E-state index in [0.717, 1.165) is 43.9 Å². The summed E-state index contributed by atoms with van der Waals surface area (Å²) in [5, 5.41) is 32.6. The summed E-state index contributed by atoms with van der Waals surface area (Å²) in [5.41, 5.74) is -4.25. The second-order valence-electron chi connectivity index (χ2n) is 28.0. The topological polar surface area (TPSA) is 352 Å². The number of rotatable bonds is 11. The van der Waals surface area contributed by atoms with Gasteiger partial charge >= 0.3 is 53.7 Å². The second-order valence-corrected chi connectivity index (χ2v) is 28.8. The number of fused-ring (bicyclic) bond motifs is 6. The molecule has 101 heavy (non-hydrogen) atoms. The first-order chi connectivity index (χ1) is 46.9. The van der Waals surface area contributed by atoms with E-state index in [1.54, 1.807) is 106 Å². The van der Waals surface area contributed by atoms with Crippen molar-refractivity contribution >= 4 is 92.5 Å². The van der Waals surface area contributed by atoms with Gasteiger partial charge in [0.2, 0.25) is 35.4 Å². The molecule has 0 bridgehead atoms. The summed E-state index contributed by atoms with van der Waals surface area (Å²) in [6.45, 7) is 17.9. The van der Waals surface area contributed by atoms with E-state index < -0.39 is 118 Å². The van der Waals surface area contributed by atoms with Gasteiger partial charge in [-0.05, 0) is 143 Å². The number of carbonyl (C=O) groups is 8. The Balaban J connectivity index is 0.000000300. The normalized spacial score (nSPS) is 27.4. The standard InChI is InChI=1S/C36H47ClN4O8.C34H43ClN4O8.C2H6O.Na.H2O/c1-7-47-33(44)36-18-22(36)13-11-9-8-10-12-14-26(39-34(45)49-35(3,4)5)32(43)41-20-28(21(2)29(41)30(42)40-36)48-31-25-17-23(37)15-16-24(25)27(46-6)19-38-31;1-19-26(46-29-23-15-21(35)13-14-22(23)25(45-5)17-36-29)18-39-27(19)28(40)38-34(31(42)43)16-20(34)11-9-7-6-8-10-12-24(30(39)41)37-32(44)47-33(2,3)4;1-2-3;;/h11,13,15-17,19,21-22,26,28-29H,7-10,12,14,18,20H2,1-6H3,(H,39,45)(H,40,42);9,11,13-15,17,19-20,24,26-27H,6-8,10,12,16,18H2,1-5H3,(H,37,44)(H,38,40)(H,42,43);3H,2H2,1H3;;1H2/q;;;+1;/p-1/b13-11-;11-9-;;;/t21-,22-,26+,28+,29+,36-;19-,20-,24+,26+,27+,34-;;;/m11.../s1. The van der Waals surface area contributed by atoms with Gasteiger partial charge in [0.15, 0.2) is 0 Å². The first-order valence-corrected chi connectivity index (χ1v) is 34.9. The van der Waals surface area contributed by atoms with Crippen LogP contribution in [0, 0.1) is 23.7 Å². The molecule has 10 rings (SSSR count). The zero-order valence-corrected chi connectivity index (χ0v) is 63.5. The summed E-state index contributed by atoms with van der Waals surface area (Å²) in [7, 11) is 3.08. The largest absolute Gasteiger partial charge is 1.00 e. The van der Waals surface area contributed by atoms with Gasteiger partial charge in [0.05, 0.1) is 46.3 Å². The summed E-state index contributed by atoms with van der Waals surface area (Å²) >= 11 is 12.7. The van der Waals surface area contributed by atoms with Gasteiger partial charge in [-0.1, -0.05) is 87.0 Å². The van der Waals surface area contributed by atoms with Crippen LogP contribution in [-0.2, 0) is 43.0 Å². The number of carboxylic acid groups (broad SMARTS) is 1. The third-order valence-electron chi connectivity index (χ3n) is 18.4. The first-order valence-electron chi connectivity index (χ1n) is 34.1. The zero-order valence-electron chi connectivity index (χ0n) is 60.0. The van der Waals surface area contributed by atoms with E-state index in [1.165, 1.54) is 23.1 Å². The van der Waals surface area contributed by atoms with E-state index >= 15 is 0 Å². The third kappa shape index (κ3) is 20.4. The monoisotopic (exact) mass is 1450 g/mol. The smallest absolute Gasteiger partial charge is 0.870 e. The van der Waals surface area contributed by atoms with Crippen molar-refractivity contribution in [1.82, 2.24) is 41.0 Å². The van der Waals surface area contributed by atoms with Crippen molar-refractivity contribution in [3.8, 4) is 23.3 Å². The molecule has 12 atom stereocenters. The van der Waals surface area contributed by atoms with Gasteiger partial charge in [-0.15, -0.1) is 0 Å². The average molecular weight is 1460 g/mol. The summed E-state index contributed by atoms with van der Waals surface area (Å²) in [4.78, 5) is 121. The minimum Gasteiger partial charge on any atom is -0.870 e. The predicted octanol–water partition coefficient (Wildman–Crippen LogP) is 7.03. The predicted molar refractivity (Wildman–Crippen MR) is 372 cm³/mol. The molecule has 29 heteroatoms.